The molecule has 18 heteroatoms. The van der Waals surface area contributed by atoms with Gasteiger partial charge < -0.3 is 40.8 Å². The number of carbonyl (C=O) groups is 2. The average Bonchev–Trinajstić information content (AvgIpc) is 2.98. The maximum atomic E-state index is 12.0. The van der Waals surface area contributed by atoms with Gasteiger partial charge in [-0.05, 0) is 108 Å². The fraction of sp³-hybridized carbons (Fsp3) is 0.516. The summed E-state index contributed by atoms with van der Waals surface area (Å²) in [6.45, 7) is 8.77. The van der Waals surface area contributed by atoms with E-state index in [2.05, 4.69) is 30.4 Å². The van der Waals surface area contributed by atoms with Crippen molar-refractivity contribution in [2.24, 2.45) is 10.7 Å². The third-order valence-corrected chi connectivity index (χ3v) is 6.46. The lowest BCUT2D eigenvalue weighted by Crippen LogP contribution is -2.44. The summed E-state index contributed by atoms with van der Waals surface area (Å²) < 4.78 is 83.7. The number of benzene rings is 2. The number of rotatable bonds is 5. The summed E-state index contributed by atoms with van der Waals surface area (Å²) >= 11 is 0. The van der Waals surface area contributed by atoms with Crippen molar-refractivity contribution in [1.29, 1.82) is 0 Å². The third kappa shape index (κ3) is 18.6. The zero-order chi connectivity index (χ0) is 36.7. The van der Waals surface area contributed by atoms with Gasteiger partial charge in [0.2, 0.25) is 6.08 Å². The average molecular weight is 707 g/mol. The quantitative estimate of drug-likeness (QED) is 0.159. The molecule has 0 bridgehead atoms. The van der Waals surface area contributed by atoms with E-state index in [9.17, 15) is 40.7 Å². The van der Waals surface area contributed by atoms with Crippen molar-refractivity contribution in [3.05, 3.63) is 48.5 Å². The molecule has 2 saturated heterocycles. The smallest absolute Gasteiger partial charge is 0.444 e. The number of isocyanates is 1. The third-order valence-electron chi connectivity index (χ3n) is 6.46. The molecule has 2 aromatic rings. The van der Waals surface area contributed by atoms with Crippen LogP contribution in [0.1, 0.15) is 46.5 Å². The molecule has 0 spiro atoms. The molecule has 2 aliphatic heterocycles. The van der Waals surface area contributed by atoms with Gasteiger partial charge in [0.15, 0.2) is 0 Å². The Kier molecular flexibility index (Phi) is 15.6. The fourth-order valence-electron chi connectivity index (χ4n) is 4.24. The van der Waals surface area contributed by atoms with E-state index in [1.54, 1.807) is 4.90 Å². The number of nitrogens with zero attached hydrogens (tertiary/aromatic N) is 2. The first kappa shape index (κ1) is 40.6. The number of nitrogens with two attached hydrogens (primary N) is 1. The lowest BCUT2D eigenvalue weighted by Gasteiger charge is -2.32. The first-order valence-corrected chi connectivity index (χ1v) is 15.1. The van der Waals surface area contributed by atoms with Crippen molar-refractivity contribution in [2.75, 3.05) is 31.5 Å². The monoisotopic (exact) mass is 706 g/mol. The second-order valence-electron chi connectivity index (χ2n) is 11.7. The Labute approximate surface area is 279 Å². The van der Waals surface area contributed by atoms with Gasteiger partial charge in [0.05, 0.1) is 5.69 Å². The van der Waals surface area contributed by atoms with E-state index in [1.165, 1.54) is 30.3 Å². The van der Waals surface area contributed by atoms with Crippen molar-refractivity contribution in [2.45, 2.75) is 76.9 Å². The minimum Gasteiger partial charge on any atom is -0.444 e. The number of halogens is 6. The molecule has 2 aromatic carbocycles. The molecule has 0 saturated carbocycles. The lowest BCUT2D eigenvalue weighted by molar-refractivity contribution is -0.275. The Hall–Kier alpha value is -4.54. The Bertz CT molecular complexity index is 1350. The maximum Gasteiger partial charge on any atom is 0.573 e. The van der Waals surface area contributed by atoms with Crippen LogP contribution in [-0.2, 0) is 9.53 Å². The van der Waals surface area contributed by atoms with Crippen LogP contribution in [0.25, 0.3) is 0 Å². The topological polar surface area (TPSA) is 157 Å². The molecule has 0 unspecified atom stereocenters. The van der Waals surface area contributed by atoms with Crippen LogP contribution in [-0.4, -0.2) is 79.7 Å². The van der Waals surface area contributed by atoms with E-state index in [-0.39, 0.29) is 41.4 Å². The highest BCUT2D eigenvalue weighted by Crippen LogP contribution is 2.25. The number of hydrogen-bond donors (Lipinski definition) is 4. The number of amides is 3. The van der Waals surface area contributed by atoms with E-state index in [1.807, 2.05) is 20.8 Å². The van der Waals surface area contributed by atoms with E-state index in [4.69, 9.17) is 10.5 Å². The number of likely N-dealkylation sites (tertiary alicyclic amines) is 1. The van der Waals surface area contributed by atoms with Gasteiger partial charge >= 0.3 is 24.8 Å². The molecule has 49 heavy (non-hydrogen) atoms. The summed E-state index contributed by atoms with van der Waals surface area (Å²) in [5.41, 5.74) is 5.96. The molecular weight excluding hydrogens is 666 g/mol. The van der Waals surface area contributed by atoms with Gasteiger partial charge in [-0.3, -0.25) is 0 Å². The molecule has 5 N–H and O–H groups in total. The Morgan fingerprint density at radius 3 is 1.80 bits per heavy atom. The molecule has 272 valence electrons. The number of aliphatic imine (C=N–C) groups is 1. The molecule has 12 nitrogen and oxygen atoms in total. The van der Waals surface area contributed by atoms with Crippen molar-refractivity contribution in [1.82, 2.24) is 15.5 Å². The largest absolute Gasteiger partial charge is 0.573 e. The molecule has 3 amide bonds. The Balaban J connectivity index is 0.000000264. The predicted octanol–water partition coefficient (Wildman–Crippen LogP) is 6.36. The second kappa shape index (κ2) is 18.9. The van der Waals surface area contributed by atoms with Crippen molar-refractivity contribution in [3.63, 3.8) is 0 Å². The summed E-state index contributed by atoms with van der Waals surface area (Å²) in [4.78, 5) is 38.0. The number of alkyl halides is 6. The number of carbonyl (C=O) groups excluding carboxylic acids is 3. The van der Waals surface area contributed by atoms with Crippen molar-refractivity contribution < 1.29 is 54.9 Å². The highest BCUT2D eigenvalue weighted by molar-refractivity contribution is 5.89. The Morgan fingerprint density at radius 2 is 1.35 bits per heavy atom. The van der Waals surface area contributed by atoms with Gasteiger partial charge in [-0.1, -0.05) is 0 Å². The van der Waals surface area contributed by atoms with Crippen LogP contribution >= 0.6 is 0 Å². The van der Waals surface area contributed by atoms with Gasteiger partial charge in [0, 0.05) is 30.9 Å². The second-order valence-corrected chi connectivity index (χ2v) is 11.7. The molecule has 2 aliphatic rings. The van der Waals surface area contributed by atoms with Crippen molar-refractivity contribution >= 4 is 29.6 Å². The summed E-state index contributed by atoms with van der Waals surface area (Å²) in [5.74, 6) is -0.686. The van der Waals surface area contributed by atoms with Crippen LogP contribution in [0.5, 0.6) is 11.5 Å². The summed E-state index contributed by atoms with van der Waals surface area (Å²) in [6.07, 6.45) is -4.93. The fourth-order valence-corrected chi connectivity index (χ4v) is 4.24. The number of ether oxygens (including phenoxy) is 3. The van der Waals surface area contributed by atoms with E-state index < -0.39 is 18.3 Å². The molecular formula is C31H40F6N6O6. The first-order valence-electron chi connectivity index (χ1n) is 15.1. The zero-order valence-electron chi connectivity index (χ0n) is 27.1. The van der Waals surface area contributed by atoms with Crippen LogP contribution < -0.4 is 31.2 Å². The van der Waals surface area contributed by atoms with Crippen LogP contribution in [0, 0.1) is 0 Å². The minimum atomic E-state index is -4.72. The minimum absolute atomic E-state index is 0.110. The van der Waals surface area contributed by atoms with Crippen LogP contribution in [0.4, 0.5) is 47.3 Å². The van der Waals surface area contributed by atoms with Crippen molar-refractivity contribution in [3.8, 4) is 11.5 Å². The molecule has 2 heterocycles. The maximum absolute atomic E-state index is 12.0. The molecule has 0 radical (unpaired) electrons. The summed E-state index contributed by atoms with van der Waals surface area (Å²) in [7, 11) is 0. The normalized spacial score (nSPS) is 15.6. The predicted molar refractivity (Wildman–Crippen MR) is 167 cm³/mol. The summed E-state index contributed by atoms with van der Waals surface area (Å²) in [6, 6.07) is 9.53. The first-order chi connectivity index (χ1) is 22.8. The van der Waals surface area contributed by atoms with E-state index in [0.717, 1.165) is 76.1 Å². The van der Waals surface area contributed by atoms with Gasteiger partial charge in [-0.15, -0.1) is 26.3 Å². The van der Waals surface area contributed by atoms with Crippen LogP contribution in [0.15, 0.2) is 53.5 Å². The van der Waals surface area contributed by atoms with E-state index >= 15 is 0 Å². The molecule has 4 rings (SSSR count). The van der Waals surface area contributed by atoms with Gasteiger partial charge in [0.1, 0.15) is 17.1 Å². The molecule has 0 atom stereocenters. The SMILES string of the molecule is CC(C)(C)OC(=O)N1CCC(N)CC1.O=C(Nc1ccc(OC(F)(F)F)cc1)NC1CCNCC1.O=C=Nc1ccc(OC(F)(F)F)cc1. The zero-order valence-corrected chi connectivity index (χ0v) is 27.1. The van der Waals surface area contributed by atoms with Crippen LogP contribution in [0.3, 0.4) is 0 Å². The Morgan fingerprint density at radius 1 is 0.857 bits per heavy atom. The van der Waals surface area contributed by atoms with Gasteiger partial charge in [-0.2, -0.15) is 4.99 Å². The lowest BCUT2D eigenvalue weighted by atomic mass is 10.1. The molecule has 0 aliphatic carbocycles. The van der Waals surface area contributed by atoms with Crippen LogP contribution in [0.2, 0.25) is 0 Å². The number of urea groups is 1. The highest BCUT2D eigenvalue weighted by Gasteiger charge is 2.32. The number of nitrogens with one attached hydrogen (secondary N) is 3. The summed E-state index contributed by atoms with van der Waals surface area (Å²) in [5, 5.41) is 8.58. The number of piperidine rings is 2. The highest BCUT2D eigenvalue weighted by atomic mass is 19.4. The molecule has 0 aromatic heterocycles. The number of anilines is 1. The standard InChI is InChI=1S/C13H16F3N3O2.C10H20N2O2.C8H4F3NO2/c14-13(15,16)21-11-3-1-9(2-4-11)18-12(20)19-10-5-7-17-8-6-10;1-10(2,3)14-9(13)12-6-4-8(11)5-7-12;9-8(10,11)14-7-3-1-6(2-4-7)12-5-13/h1-4,10,17H,5-8H2,(H2,18,19,20);8H,4-7,11H2,1-3H3;1-4H. The molecule has 2 fully saturated rings. The van der Waals surface area contributed by atoms with Gasteiger partial charge in [-0.25, -0.2) is 14.4 Å². The van der Waals surface area contributed by atoms with Gasteiger partial charge in [0.25, 0.3) is 0 Å². The number of hydrogen-bond acceptors (Lipinski definition) is 9. The van der Waals surface area contributed by atoms with E-state index in [0.29, 0.717) is 5.69 Å².